The highest BCUT2D eigenvalue weighted by Gasteiger charge is 2.26. The maximum atomic E-state index is 12.5. The summed E-state index contributed by atoms with van der Waals surface area (Å²) in [6.07, 6.45) is 2.84. The van der Waals surface area contributed by atoms with Gasteiger partial charge in [-0.3, -0.25) is 9.59 Å². The smallest absolute Gasteiger partial charge is 0.337 e. The van der Waals surface area contributed by atoms with Crippen molar-refractivity contribution in [2.24, 2.45) is 5.92 Å². The largest absolute Gasteiger partial charge is 0.478 e. The number of Topliss-reactive ketones (excluding diaryl/α,β-unsaturated/α-hetero) is 1. The van der Waals surface area contributed by atoms with Gasteiger partial charge >= 0.3 is 5.97 Å². The molecule has 0 radical (unpaired) electrons. The van der Waals surface area contributed by atoms with Crippen molar-refractivity contribution in [2.45, 2.75) is 19.3 Å². The molecule has 3 rings (SSSR count). The van der Waals surface area contributed by atoms with Gasteiger partial charge in [0, 0.05) is 22.1 Å². The van der Waals surface area contributed by atoms with Crippen LogP contribution in [-0.2, 0) is 0 Å². The Morgan fingerprint density at radius 1 is 1.04 bits per heavy atom. The average molecular weight is 358 g/mol. The second-order valence-corrected chi connectivity index (χ2v) is 6.46. The topological polar surface area (TPSA) is 83.5 Å². The first kappa shape index (κ1) is 17.2. The molecule has 0 aliphatic heterocycles. The molecular weight excluding hydrogens is 342 g/mol. The van der Waals surface area contributed by atoms with Crippen LogP contribution in [0.1, 0.15) is 50.3 Å². The van der Waals surface area contributed by atoms with Crippen molar-refractivity contribution in [3.05, 3.63) is 64.2 Å². The van der Waals surface area contributed by atoms with E-state index in [2.05, 4.69) is 5.32 Å². The maximum absolute atomic E-state index is 12.5. The standard InChI is InChI=1S/C19H16ClNO4/c20-14-7-8-16(15(10-14)19(24)25)21-18(23)13-6-2-5-12(9-13)17(22)11-3-1-4-11/h2,5-11H,1,3-4H2,(H,21,23)(H,24,25). The van der Waals surface area contributed by atoms with E-state index in [0.717, 1.165) is 19.3 Å². The number of hydrogen-bond donors (Lipinski definition) is 2. The molecule has 1 saturated carbocycles. The van der Waals surface area contributed by atoms with Crippen LogP contribution in [0.4, 0.5) is 5.69 Å². The van der Waals surface area contributed by atoms with Crippen molar-refractivity contribution >= 4 is 34.9 Å². The lowest BCUT2D eigenvalue weighted by atomic mass is 9.80. The fourth-order valence-electron chi connectivity index (χ4n) is 2.72. The van der Waals surface area contributed by atoms with E-state index in [1.807, 2.05) is 0 Å². The molecule has 0 aromatic heterocycles. The SMILES string of the molecule is O=C(Nc1ccc(Cl)cc1C(=O)O)c1cccc(C(=O)C2CCC2)c1. The Kier molecular flexibility index (Phi) is 4.86. The minimum Gasteiger partial charge on any atom is -0.478 e. The fourth-order valence-corrected chi connectivity index (χ4v) is 2.89. The van der Waals surface area contributed by atoms with Crippen molar-refractivity contribution in [2.75, 3.05) is 5.32 Å². The summed E-state index contributed by atoms with van der Waals surface area (Å²) in [5.74, 6) is -1.56. The molecular formula is C19H16ClNO4. The third-order valence-electron chi connectivity index (χ3n) is 4.35. The molecule has 5 nitrogen and oxygen atoms in total. The van der Waals surface area contributed by atoms with Gasteiger partial charge in [0.15, 0.2) is 5.78 Å². The summed E-state index contributed by atoms with van der Waals surface area (Å²) >= 11 is 5.81. The van der Waals surface area contributed by atoms with Gasteiger partial charge in [0.25, 0.3) is 5.91 Å². The molecule has 0 heterocycles. The monoisotopic (exact) mass is 357 g/mol. The number of carboxylic acid groups (broad SMARTS) is 1. The zero-order chi connectivity index (χ0) is 18.0. The van der Waals surface area contributed by atoms with Gasteiger partial charge in [-0.1, -0.05) is 30.2 Å². The molecule has 1 fully saturated rings. The summed E-state index contributed by atoms with van der Waals surface area (Å²) in [5, 5.41) is 12.1. The van der Waals surface area contributed by atoms with Crippen molar-refractivity contribution in [1.29, 1.82) is 0 Å². The minimum atomic E-state index is -1.19. The number of halogens is 1. The van der Waals surface area contributed by atoms with Gasteiger partial charge in [-0.25, -0.2) is 4.79 Å². The van der Waals surface area contributed by atoms with Gasteiger partial charge in [0.2, 0.25) is 0 Å². The normalized spacial score (nSPS) is 13.8. The number of carbonyl (C=O) groups excluding carboxylic acids is 2. The Morgan fingerprint density at radius 2 is 1.76 bits per heavy atom. The van der Waals surface area contributed by atoms with Crippen molar-refractivity contribution in [3.63, 3.8) is 0 Å². The highest BCUT2D eigenvalue weighted by atomic mass is 35.5. The predicted molar refractivity (Wildman–Crippen MR) is 94.5 cm³/mol. The quantitative estimate of drug-likeness (QED) is 0.782. The highest BCUT2D eigenvalue weighted by Crippen LogP contribution is 2.30. The van der Waals surface area contributed by atoms with Gasteiger partial charge in [0.1, 0.15) is 0 Å². The van der Waals surface area contributed by atoms with Gasteiger partial charge in [-0.05, 0) is 43.2 Å². The van der Waals surface area contributed by atoms with Crippen molar-refractivity contribution < 1.29 is 19.5 Å². The second-order valence-electron chi connectivity index (χ2n) is 6.02. The lowest BCUT2D eigenvalue weighted by Gasteiger charge is -2.23. The molecule has 0 atom stereocenters. The van der Waals surface area contributed by atoms with E-state index >= 15 is 0 Å². The summed E-state index contributed by atoms with van der Waals surface area (Å²) in [4.78, 5) is 36.1. The first-order valence-corrected chi connectivity index (χ1v) is 8.32. The number of hydrogen-bond acceptors (Lipinski definition) is 3. The van der Waals surface area contributed by atoms with Crippen LogP contribution in [0.15, 0.2) is 42.5 Å². The van der Waals surface area contributed by atoms with Crippen molar-refractivity contribution in [1.82, 2.24) is 0 Å². The number of rotatable bonds is 5. The van der Waals surface area contributed by atoms with E-state index < -0.39 is 11.9 Å². The third-order valence-corrected chi connectivity index (χ3v) is 4.58. The summed E-state index contributed by atoms with van der Waals surface area (Å²) in [5.41, 5.74) is 0.864. The molecule has 0 unspecified atom stereocenters. The second kappa shape index (κ2) is 7.07. The number of carboxylic acids is 1. The van der Waals surface area contributed by atoms with Crippen LogP contribution >= 0.6 is 11.6 Å². The first-order valence-electron chi connectivity index (χ1n) is 7.94. The molecule has 0 spiro atoms. The molecule has 1 aliphatic carbocycles. The molecule has 2 aromatic rings. The summed E-state index contributed by atoms with van der Waals surface area (Å²) in [7, 11) is 0. The molecule has 6 heteroatoms. The van der Waals surface area contributed by atoms with Gasteiger partial charge in [0.05, 0.1) is 11.3 Å². The minimum absolute atomic E-state index is 0.0492. The number of anilines is 1. The lowest BCUT2D eigenvalue weighted by molar-refractivity contribution is 0.0697. The predicted octanol–water partition coefficient (Wildman–Crippen LogP) is 4.27. The molecule has 25 heavy (non-hydrogen) atoms. The molecule has 2 N–H and O–H groups in total. The number of ketones is 1. The van der Waals surface area contributed by atoms with Gasteiger partial charge in [-0.2, -0.15) is 0 Å². The Bertz CT molecular complexity index is 858. The van der Waals surface area contributed by atoms with Crippen molar-refractivity contribution in [3.8, 4) is 0 Å². The summed E-state index contributed by atoms with van der Waals surface area (Å²) in [6, 6.07) is 10.7. The molecule has 128 valence electrons. The highest BCUT2D eigenvalue weighted by molar-refractivity contribution is 6.31. The van der Waals surface area contributed by atoms with E-state index in [-0.39, 0.29) is 28.0 Å². The molecule has 0 bridgehead atoms. The first-order chi connectivity index (χ1) is 12.0. The number of aromatic carboxylic acids is 1. The fraction of sp³-hybridized carbons (Fsp3) is 0.211. The van der Waals surface area contributed by atoms with E-state index in [9.17, 15) is 19.5 Å². The van der Waals surface area contributed by atoms with Gasteiger partial charge < -0.3 is 10.4 Å². The Labute approximate surface area is 149 Å². The lowest BCUT2D eigenvalue weighted by Crippen LogP contribution is -2.22. The van der Waals surface area contributed by atoms with E-state index in [4.69, 9.17) is 11.6 Å². The van der Waals surface area contributed by atoms with Crippen LogP contribution < -0.4 is 5.32 Å². The summed E-state index contributed by atoms with van der Waals surface area (Å²) in [6.45, 7) is 0. The molecule has 2 aromatic carbocycles. The third kappa shape index (κ3) is 3.72. The van der Waals surface area contributed by atoms with Crippen LogP contribution in [0.3, 0.4) is 0 Å². The number of amides is 1. The zero-order valence-corrected chi connectivity index (χ0v) is 14.0. The molecule has 0 saturated heterocycles. The average Bonchev–Trinajstić information content (AvgIpc) is 2.54. The van der Waals surface area contributed by atoms with Crippen LogP contribution in [0, 0.1) is 5.92 Å². The van der Waals surface area contributed by atoms with Crippen LogP contribution in [0.5, 0.6) is 0 Å². The van der Waals surface area contributed by atoms with E-state index in [0.29, 0.717) is 11.1 Å². The number of benzene rings is 2. The number of nitrogens with one attached hydrogen (secondary N) is 1. The van der Waals surface area contributed by atoms with Crippen LogP contribution in [0.25, 0.3) is 0 Å². The zero-order valence-electron chi connectivity index (χ0n) is 13.3. The maximum Gasteiger partial charge on any atom is 0.337 e. The van der Waals surface area contributed by atoms with Crippen LogP contribution in [-0.4, -0.2) is 22.8 Å². The molecule has 1 amide bonds. The van der Waals surface area contributed by atoms with Crippen LogP contribution in [0.2, 0.25) is 5.02 Å². The Hall–Kier alpha value is -2.66. The van der Waals surface area contributed by atoms with E-state index in [1.165, 1.54) is 18.2 Å². The Balaban J connectivity index is 1.82. The Morgan fingerprint density at radius 3 is 2.40 bits per heavy atom. The summed E-state index contributed by atoms with van der Waals surface area (Å²) < 4.78 is 0. The molecule has 1 aliphatic rings. The number of carbonyl (C=O) groups is 3. The van der Waals surface area contributed by atoms with E-state index in [1.54, 1.807) is 24.3 Å². The van der Waals surface area contributed by atoms with Gasteiger partial charge in [-0.15, -0.1) is 0 Å².